The van der Waals surface area contributed by atoms with E-state index in [1.165, 1.54) is 0 Å². The molecule has 2 heterocycles. The van der Waals surface area contributed by atoms with E-state index >= 15 is 0 Å². The molecule has 0 saturated carbocycles. The molecule has 0 bridgehead atoms. The van der Waals surface area contributed by atoms with Crippen molar-refractivity contribution in [3.63, 3.8) is 0 Å². The average Bonchev–Trinajstić information content (AvgIpc) is 2.97. The van der Waals surface area contributed by atoms with Crippen LogP contribution in [0, 0.1) is 0 Å². The average molecular weight is 241 g/mol. The lowest BCUT2D eigenvalue weighted by Crippen LogP contribution is -2.02. The van der Waals surface area contributed by atoms with E-state index in [4.69, 9.17) is 5.11 Å². The molecule has 0 aliphatic heterocycles. The van der Waals surface area contributed by atoms with Gasteiger partial charge < -0.3 is 9.67 Å². The van der Waals surface area contributed by atoms with E-state index in [0.717, 1.165) is 16.7 Å². The number of aromatic nitrogens is 3. The summed E-state index contributed by atoms with van der Waals surface area (Å²) in [5.41, 5.74) is 1.16. The molecule has 0 aliphatic carbocycles. The van der Waals surface area contributed by atoms with Gasteiger partial charge in [-0.05, 0) is 24.3 Å². The predicted molar refractivity (Wildman–Crippen MR) is 67.0 cm³/mol. The quantitative estimate of drug-likeness (QED) is 0.747. The lowest BCUT2D eigenvalue weighted by Gasteiger charge is -2.03. The number of hydrogen-bond donors (Lipinski definition) is 1. The highest BCUT2D eigenvalue weighted by molar-refractivity contribution is 5.94. The van der Waals surface area contributed by atoms with Crippen LogP contribution in [0.5, 0.6) is 0 Å². The molecule has 90 valence electrons. The minimum Gasteiger partial charge on any atom is -0.478 e. The molecule has 0 spiro atoms. The van der Waals surface area contributed by atoms with Gasteiger partial charge in [-0.1, -0.05) is 6.07 Å². The summed E-state index contributed by atoms with van der Waals surface area (Å²) < 4.78 is 3.68. The third-order valence-electron chi connectivity index (χ3n) is 3.01. The lowest BCUT2D eigenvalue weighted by molar-refractivity contribution is 0.0697. The summed E-state index contributed by atoms with van der Waals surface area (Å²) in [7, 11) is 1.89. The highest BCUT2D eigenvalue weighted by Crippen LogP contribution is 2.22. The first-order valence-corrected chi connectivity index (χ1v) is 5.49. The van der Waals surface area contributed by atoms with E-state index < -0.39 is 5.97 Å². The van der Waals surface area contributed by atoms with Crippen molar-refractivity contribution in [2.45, 2.75) is 0 Å². The minimum absolute atomic E-state index is 0.288. The van der Waals surface area contributed by atoms with Gasteiger partial charge in [-0.3, -0.25) is 0 Å². The Morgan fingerprint density at radius 1 is 1.33 bits per heavy atom. The van der Waals surface area contributed by atoms with Crippen molar-refractivity contribution in [1.82, 2.24) is 14.3 Å². The molecule has 2 aromatic heterocycles. The zero-order valence-electron chi connectivity index (χ0n) is 9.74. The summed E-state index contributed by atoms with van der Waals surface area (Å²) in [5, 5.41) is 14.2. The molecule has 3 aromatic rings. The SMILES string of the molecule is Cn1c(-n2cccn2)cc2ccc(C(=O)O)cc21. The standard InChI is InChI=1S/C13H11N3O2/c1-15-11-7-10(13(17)18)4-3-9(11)8-12(15)16-6-2-5-14-16/h2-8H,1H3,(H,17,18). The minimum atomic E-state index is -0.918. The van der Waals surface area contributed by atoms with Crippen molar-refractivity contribution in [3.8, 4) is 5.82 Å². The number of nitrogens with zero attached hydrogens (tertiary/aromatic N) is 3. The molecular formula is C13H11N3O2. The fourth-order valence-corrected chi connectivity index (χ4v) is 2.07. The van der Waals surface area contributed by atoms with Crippen LogP contribution in [0.25, 0.3) is 16.7 Å². The van der Waals surface area contributed by atoms with Gasteiger partial charge in [-0.15, -0.1) is 0 Å². The van der Waals surface area contributed by atoms with Gasteiger partial charge in [0.1, 0.15) is 5.82 Å². The van der Waals surface area contributed by atoms with Gasteiger partial charge in [0.05, 0.1) is 11.1 Å². The number of fused-ring (bicyclic) bond motifs is 1. The second-order valence-electron chi connectivity index (χ2n) is 4.09. The Morgan fingerprint density at radius 3 is 2.83 bits per heavy atom. The third kappa shape index (κ3) is 1.48. The number of carboxylic acids is 1. The molecule has 0 aliphatic rings. The summed E-state index contributed by atoms with van der Waals surface area (Å²) >= 11 is 0. The molecule has 0 amide bonds. The predicted octanol–water partition coefficient (Wildman–Crippen LogP) is 2.06. The Kier molecular flexibility index (Phi) is 2.19. The number of hydrogen-bond acceptors (Lipinski definition) is 2. The van der Waals surface area contributed by atoms with E-state index in [2.05, 4.69) is 5.10 Å². The topological polar surface area (TPSA) is 60.0 Å². The first-order valence-electron chi connectivity index (χ1n) is 5.49. The number of aryl methyl sites for hydroxylation is 1. The van der Waals surface area contributed by atoms with Gasteiger partial charge in [-0.25, -0.2) is 9.48 Å². The first-order chi connectivity index (χ1) is 8.66. The van der Waals surface area contributed by atoms with Crippen molar-refractivity contribution in [2.75, 3.05) is 0 Å². The van der Waals surface area contributed by atoms with Crippen LogP contribution in [0.15, 0.2) is 42.7 Å². The molecule has 3 rings (SSSR count). The molecule has 5 nitrogen and oxygen atoms in total. The van der Waals surface area contributed by atoms with Gasteiger partial charge in [0.25, 0.3) is 0 Å². The van der Waals surface area contributed by atoms with Crippen LogP contribution < -0.4 is 0 Å². The van der Waals surface area contributed by atoms with Crippen LogP contribution >= 0.6 is 0 Å². The maximum absolute atomic E-state index is 11.0. The summed E-state index contributed by atoms with van der Waals surface area (Å²) in [5.74, 6) is -0.0173. The van der Waals surface area contributed by atoms with Crippen LogP contribution in [0.3, 0.4) is 0 Å². The van der Waals surface area contributed by atoms with Gasteiger partial charge in [0.15, 0.2) is 0 Å². The summed E-state index contributed by atoms with van der Waals surface area (Å²) in [6.45, 7) is 0. The van der Waals surface area contributed by atoms with Gasteiger partial charge >= 0.3 is 5.97 Å². The lowest BCUT2D eigenvalue weighted by atomic mass is 10.2. The molecule has 18 heavy (non-hydrogen) atoms. The highest BCUT2D eigenvalue weighted by Gasteiger charge is 2.10. The van der Waals surface area contributed by atoms with Crippen molar-refractivity contribution in [2.24, 2.45) is 7.05 Å². The van der Waals surface area contributed by atoms with Gasteiger partial charge in [0.2, 0.25) is 0 Å². The Balaban J connectivity index is 2.25. The molecule has 0 saturated heterocycles. The molecule has 1 aromatic carbocycles. The maximum atomic E-state index is 11.0. The molecule has 0 radical (unpaired) electrons. The van der Waals surface area contributed by atoms with Gasteiger partial charge in [-0.2, -0.15) is 5.10 Å². The summed E-state index contributed by atoms with van der Waals surface area (Å²) in [4.78, 5) is 11.0. The fourth-order valence-electron chi connectivity index (χ4n) is 2.07. The van der Waals surface area contributed by atoms with E-state index in [9.17, 15) is 4.79 Å². The normalized spacial score (nSPS) is 10.9. The Bertz CT molecular complexity index is 726. The van der Waals surface area contributed by atoms with Gasteiger partial charge in [0, 0.05) is 24.8 Å². The smallest absolute Gasteiger partial charge is 0.335 e. The Morgan fingerprint density at radius 2 is 2.17 bits per heavy atom. The maximum Gasteiger partial charge on any atom is 0.335 e. The molecular weight excluding hydrogens is 230 g/mol. The van der Waals surface area contributed by atoms with Crippen LogP contribution in [0.4, 0.5) is 0 Å². The second-order valence-corrected chi connectivity index (χ2v) is 4.09. The van der Waals surface area contributed by atoms with Crippen molar-refractivity contribution in [1.29, 1.82) is 0 Å². The zero-order chi connectivity index (χ0) is 12.7. The van der Waals surface area contributed by atoms with Crippen LogP contribution in [-0.2, 0) is 7.05 Å². The number of carboxylic acid groups (broad SMARTS) is 1. The number of rotatable bonds is 2. The van der Waals surface area contributed by atoms with E-state index in [0.29, 0.717) is 0 Å². The molecule has 0 atom stereocenters. The van der Waals surface area contributed by atoms with Crippen LogP contribution in [0.2, 0.25) is 0 Å². The fraction of sp³-hybridized carbons (Fsp3) is 0.0769. The second kappa shape index (κ2) is 3.73. The van der Waals surface area contributed by atoms with E-state index in [-0.39, 0.29) is 5.56 Å². The number of benzene rings is 1. The summed E-state index contributed by atoms with van der Waals surface area (Å²) in [6.07, 6.45) is 3.56. The van der Waals surface area contributed by atoms with Crippen molar-refractivity contribution in [3.05, 3.63) is 48.3 Å². The zero-order valence-corrected chi connectivity index (χ0v) is 9.74. The monoisotopic (exact) mass is 241 g/mol. The highest BCUT2D eigenvalue weighted by atomic mass is 16.4. The summed E-state index contributed by atoms with van der Waals surface area (Å²) in [6, 6.07) is 8.92. The van der Waals surface area contributed by atoms with E-state index in [1.807, 2.05) is 36.0 Å². The molecule has 0 unspecified atom stereocenters. The van der Waals surface area contributed by atoms with Crippen LogP contribution in [0.1, 0.15) is 10.4 Å². The van der Waals surface area contributed by atoms with Crippen molar-refractivity contribution < 1.29 is 9.90 Å². The molecule has 5 heteroatoms. The molecule has 1 N–H and O–H groups in total. The van der Waals surface area contributed by atoms with Crippen LogP contribution in [-0.4, -0.2) is 25.4 Å². The van der Waals surface area contributed by atoms with Crippen molar-refractivity contribution >= 4 is 16.9 Å². The molecule has 0 fully saturated rings. The Labute approximate surface area is 103 Å². The number of carbonyl (C=O) groups is 1. The largest absolute Gasteiger partial charge is 0.478 e. The first kappa shape index (κ1) is 10.6. The third-order valence-corrected chi connectivity index (χ3v) is 3.01. The Hall–Kier alpha value is -2.56. The number of aromatic carboxylic acids is 1. The van der Waals surface area contributed by atoms with E-state index in [1.54, 1.807) is 23.0 Å².